The number of benzene rings is 1. The maximum absolute atomic E-state index is 12.8. The van der Waals surface area contributed by atoms with Crippen LogP contribution in [0.25, 0.3) is 0 Å². The van der Waals surface area contributed by atoms with Crippen LogP contribution in [0.4, 0.5) is 33.3 Å². The van der Waals surface area contributed by atoms with Crippen LogP contribution in [0.1, 0.15) is 25.3 Å². The third kappa shape index (κ3) is 4.63. The van der Waals surface area contributed by atoms with Gasteiger partial charge in [-0.2, -0.15) is 13.2 Å². The number of nitro groups is 1. The fraction of sp³-hybridized carbons (Fsp3) is 0.455. The molecule has 4 nitrogen and oxygen atoms in total. The first-order valence-electron chi connectivity index (χ1n) is 5.50. The van der Waals surface area contributed by atoms with E-state index in [0.717, 1.165) is 12.1 Å². The van der Waals surface area contributed by atoms with E-state index in [1.54, 1.807) is 0 Å². The third-order valence-corrected chi connectivity index (χ3v) is 2.42. The van der Waals surface area contributed by atoms with E-state index in [9.17, 15) is 32.1 Å². The molecule has 0 aromatic heterocycles. The van der Waals surface area contributed by atoms with Crippen molar-refractivity contribution in [3.05, 3.63) is 33.9 Å². The van der Waals surface area contributed by atoms with Gasteiger partial charge in [-0.1, -0.05) is 0 Å². The van der Waals surface area contributed by atoms with E-state index in [-0.39, 0.29) is 5.69 Å². The standard InChI is InChI=1S/C11H11F5N2O2/c1-6(5-11(14,15)16)17-9-3-2-7(18(19)20)4-8(9)10(12)13/h2-4,6,10,17H,5H2,1H3. The number of halogens is 5. The molecule has 0 saturated carbocycles. The predicted molar refractivity (Wildman–Crippen MR) is 61.8 cm³/mol. The summed E-state index contributed by atoms with van der Waals surface area (Å²) in [5.74, 6) is 0. The molecular weight excluding hydrogens is 287 g/mol. The number of nitrogens with zero attached hydrogens (tertiary/aromatic N) is 1. The van der Waals surface area contributed by atoms with Crippen molar-refractivity contribution in [2.75, 3.05) is 5.32 Å². The fourth-order valence-corrected chi connectivity index (χ4v) is 1.64. The van der Waals surface area contributed by atoms with Crippen LogP contribution in [0.3, 0.4) is 0 Å². The van der Waals surface area contributed by atoms with Crippen molar-refractivity contribution < 1.29 is 26.9 Å². The minimum Gasteiger partial charge on any atom is -0.382 e. The summed E-state index contributed by atoms with van der Waals surface area (Å²) in [4.78, 5) is 9.64. The van der Waals surface area contributed by atoms with Crippen molar-refractivity contribution >= 4 is 11.4 Å². The number of nitro benzene ring substituents is 1. The summed E-state index contributed by atoms with van der Waals surface area (Å²) in [7, 11) is 0. The van der Waals surface area contributed by atoms with Gasteiger partial charge in [-0.3, -0.25) is 10.1 Å². The molecule has 0 aliphatic carbocycles. The Kier molecular flexibility index (Phi) is 4.85. The van der Waals surface area contributed by atoms with Gasteiger partial charge in [0.25, 0.3) is 12.1 Å². The number of alkyl halides is 5. The molecule has 1 N–H and O–H groups in total. The minimum atomic E-state index is -4.43. The van der Waals surface area contributed by atoms with E-state index in [4.69, 9.17) is 0 Å². The van der Waals surface area contributed by atoms with Gasteiger partial charge in [0.1, 0.15) is 0 Å². The number of rotatable bonds is 5. The van der Waals surface area contributed by atoms with E-state index in [1.807, 2.05) is 0 Å². The van der Waals surface area contributed by atoms with E-state index in [1.165, 1.54) is 6.92 Å². The van der Waals surface area contributed by atoms with Crippen LogP contribution in [0.15, 0.2) is 18.2 Å². The van der Waals surface area contributed by atoms with E-state index < -0.39 is 41.2 Å². The predicted octanol–water partition coefficient (Wildman–Crippen LogP) is 4.29. The van der Waals surface area contributed by atoms with Gasteiger partial charge < -0.3 is 5.32 Å². The molecule has 112 valence electrons. The van der Waals surface area contributed by atoms with E-state index in [0.29, 0.717) is 6.07 Å². The molecule has 0 spiro atoms. The Morgan fingerprint density at radius 3 is 2.40 bits per heavy atom. The zero-order valence-electron chi connectivity index (χ0n) is 10.2. The fourth-order valence-electron chi connectivity index (χ4n) is 1.64. The van der Waals surface area contributed by atoms with Gasteiger partial charge in [0.15, 0.2) is 0 Å². The number of hydrogen-bond donors (Lipinski definition) is 1. The summed E-state index contributed by atoms with van der Waals surface area (Å²) in [6.07, 6.45) is -8.67. The van der Waals surface area contributed by atoms with Gasteiger partial charge in [-0.25, -0.2) is 8.78 Å². The molecule has 1 unspecified atom stereocenters. The van der Waals surface area contributed by atoms with Crippen molar-refractivity contribution in [2.24, 2.45) is 0 Å². The topological polar surface area (TPSA) is 55.2 Å². The maximum Gasteiger partial charge on any atom is 0.391 e. The number of anilines is 1. The van der Waals surface area contributed by atoms with Gasteiger partial charge in [0.2, 0.25) is 0 Å². The first-order valence-corrected chi connectivity index (χ1v) is 5.50. The average molecular weight is 298 g/mol. The molecular formula is C11H11F5N2O2. The van der Waals surface area contributed by atoms with Crippen LogP contribution < -0.4 is 5.32 Å². The molecule has 0 radical (unpaired) electrons. The van der Waals surface area contributed by atoms with Crippen LogP contribution in [-0.2, 0) is 0 Å². The molecule has 0 aliphatic rings. The van der Waals surface area contributed by atoms with Crippen molar-refractivity contribution in [2.45, 2.75) is 32.0 Å². The van der Waals surface area contributed by atoms with Crippen LogP contribution in [-0.4, -0.2) is 17.1 Å². The summed E-state index contributed by atoms with van der Waals surface area (Å²) in [6, 6.07) is 1.45. The Hall–Kier alpha value is -1.93. The lowest BCUT2D eigenvalue weighted by Gasteiger charge is -2.19. The lowest BCUT2D eigenvalue weighted by Crippen LogP contribution is -2.24. The molecule has 0 aliphatic heterocycles. The van der Waals surface area contributed by atoms with Crippen LogP contribution >= 0.6 is 0 Å². The molecule has 0 fully saturated rings. The molecule has 20 heavy (non-hydrogen) atoms. The Bertz CT molecular complexity index is 490. The van der Waals surface area contributed by atoms with Crippen LogP contribution in [0.2, 0.25) is 0 Å². The molecule has 0 saturated heterocycles. The van der Waals surface area contributed by atoms with Gasteiger partial charge in [-0.15, -0.1) is 0 Å². The number of non-ortho nitro benzene ring substituents is 1. The van der Waals surface area contributed by atoms with Gasteiger partial charge in [0.05, 0.1) is 11.3 Å². The second kappa shape index (κ2) is 6.02. The lowest BCUT2D eigenvalue weighted by molar-refractivity contribution is -0.385. The number of hydrogen-bond acceptors (Lipinski definition) is 3. The molecule has 0 bridgehead atoms. The van der Waals surface area contributed by atoms with Crippen LogP contribution in [0.5, 0.6) is 0 Å². The summed E-state index contributed by atoms with van der Waals surface area (Å²) in [5.41, 5.74) is -1.50. The number of nitrogens with one attached hydrogen (secondary N) is 1. The Morgan fingerprint density at radius 1 is 1.35 bits per heavy atom. The molecule has 1 atom stereocenters. The summed E-state index contributed by atoms with van der Waals surface area (Å²) < 4.78 is 62.0. The smallest absolute Gasteiger partial charge is 0.382 e. The minimum absolute atomic E-state index is 0.248. The van der Waals surface area contributed by atoms with Crippen molar-refractivity contribution in [1.29, 1.82) is 0 Å². The van der Waals surface area contributed by atoms with Gasteiger partial charge >= 0.3 is 6.18 Å². The van der Waals surface area contributed by atoms with Crippen molar-refractivity contribution in [3.8, 4) is 0 Å². The zero-order valence-corrected chi connectivity index (χ0v) is 10.2. The Morgan fingerprint density at radius 2 is 1.95 bits per heavy atom. The monoisotopic (exact) mass is 298 g/mol. The Balaban J connectivity index is 2.97. The quantitative estimate of drug-likeness (QED) is 0.501. The molecule has 1 aromatic rings. The second-order valence-electron chi connectivity index (χ2n) is 4.19. The van der Waals surface area contributed by atoms with E-state index in [2.05, 4.69) is 5.32 Å². The third-order valence-electron chi connectivity index (χ3n) is 2.42. The summed E-state index contributed by atoms with van der Waals surface area (Å²) >= 11 is 0. The largest absolute Gasteiger partial charge is 0.391 e. The maximum atomic E-state index is 12.8. The van der Waals surface area contributed by atoms with E-state index >= 15 is 0 Å². The first-order chi connectivity index (χ1) is 9.10. The molecule has 1 aromatic carbocycles. The SMILES string of the molecule is CC(CC(F)(F)F)Nc1ccc([N+](=O)[O-])cc1C(F)F. The molecule has 1 rings (SSSR count). The van der Waals surface area contributed by atoms with Crippen LogP contribution in [0, 0.1) is 10.1 Å². The van der Waals surface area contributed by atoms with Crippen molar-refractivity contribution in [3.63, 3.8) is 0 Å². The first kappa shape index (κ1) is 16.1. The second-order valence-corrected chi connectivity index (χ2v) is 4.19. The normalized spacial score (nSPS) is 13.3. The molecule has 0 heterocycles. The summed E-state index contributed by atoms with van der Waals surface area (Å²) in [6.45, 7) is 1.18. The molecule has 0 amide bonds. The van der Waals surface area contributed by atoms with Crippen molar-refractivity contribution in [1.82, 2.24) is 0 Å². The highest BCUT2D eigenvalue weighted by Crippen LogP contribution is 2.32. The highest BCUT2D eigenvalue weighted by molar-refractivity contribution is 5.57. The summed E-state index contributed by atoms with van der Waals surface area (Å²) in [5, 5.41) is 12.8. The lowest BCUT2D eigenvalue weighted by atomic mass is 10.1. The zero-order chi connectivity index (χ0) is 15.5. The Labute approximate surface area is 110 Å². The molecule has 9 heteroatoms. The highest BCUT2D eigenvalue weighted by Gasteiger charge is 2.30. The van der Waals surface area contributed by atoms with Gasteiger partial charge in [0, 0.05) is 29.4 Å². The highest BCUT2D eigenvalue weighted by atomic mass is 19.4. The average Bonchev–Trinajstić information content (AvgIpc) is 2.25. The van der Waals surface area contributed by atoms with Gasteiger partial charge in [-0.05, 0) is 13.0 Å².